The fraction of sp³-hybridized carbons (Fsp3) is 0.684. The first kappa shape index (κ1) is 41.9. The minimum absolute atomic E-state index is 0.0759. The molecule has 4 rings (SSSR count). The van der Waals surface area contributed by atoms with Crippen molar-refractivity contribution in [1.29, 1.82) is 10.5 Å². The predicted octanol–water partition coefficient (Wildman–Crippen LogP) is 4.83. The molecule has 0 saturated carbocycles. The molecule has 0 unspecified atom stereocenters. The van der Waals surface area contributed by atoms with Gasteiger partial charge in [0.15, 0.2) is 0 Å². The lowest BCUT2D eigenvalue weighted by Crippen LogP contribution is -2.64. The SMILES string of the molecule is C=CCNc1nc(NCCC#N)nc(N(CCN(c2nc(NCC=C)nc(NCCC#N)n2)C2CC(C)(C)NC(C)(C)C2)C2CC(C)(C)NC(C)(C)C2)n1. The summed E-state index contributed by atoms with van der Waals surface area (Å²) in [4.78, 5) is 33.8. The van der Waals surface area contributed by atoms with E-state index in [-0.39, 0.29) is 34.2 Å². The van der Waals surface area contributed by atoms with E-state index in [1.165, 1.54) is 0 Å². The highest BCUT2D eigenvalue weighted by atomic mass is 15.4. The van der Waals surface area contributed by atoms with Crippen molar-refractivity contribution in [3.05, 3.63) is 25.3 Å². The Labute approximate surface area is 322 Å². The van der Waals surface area contributed by atoms with Crippen LogP contribution in [0.15, 0.2) is 25.3 Å². The third kappa shape index (κ3) is 12.4. The number of nitriles is 2. The molecular formula is C38H62N16. The summed E-state index contributed by atoms with van der Waals surface area (Å²) in [5.74, 6) is 2.76. The fourth-order valence-corrected chi connectivity index (χ4v) is 8.17. The largest absolute Gasteiger partial charge is 0.353 e. The highest BCUT2D eigenvalue weighted by Gasteiger charge is 2.43. The standard InChI is InChI=1S/C38H62N16/c1-11-17-41-29-45-31(43-19-13-15-39)49-33(47-29)53(27-23-35(3,4)51-36(5,6)24-27)21-22-54(28-25-37(7,8)52-38(9,10)26-28)34-48-30(42-18-12-2)46-32(50-34)44-20-14-16-40/h11-12,27-28,51-52H,1-2,13-14,17-26H2,3-10H3,(H2,41,43,45,47,49)(H2,42,44,46,48,50). The van der Waals surface area contributed by atoms with Crippen molar-refractivity contribution in [1.82, 2.24) is 40.5 Å². The van der Waals surface area contributed by atoms with Crippen LogP contribution in [0, 0.1) is 22.7 Å². The number of aromatic nitrogens is 6. The lowest BCUT2D eigenvalue weighted by atomic mass is 9.78. The smallest absolute Gasteiger partial charge is 0.232 e. The topological polar surface area (TPSA) is 204 Å². The van der Waals surface area contributed by atoms with E-state index in [1.54, 1.807) is 12.2 Å². The van der Waals surface area contributed by atoms with Crippen molar-refractivity contribution in [2.24, 2.45) is 0 Å². The molecule has 2 aliphatic heterocycles. The molecule has 16 heteroatoms. The van der Waals surface area contributed by atoms with Crippen molar-refractivity contribution in [3.8, 4) is 12.1 Å². The lowest BCUT2D eigenvalue weighted by Gasteiger charge is -2.51. The second-order valence-corrected chi connectivity index (χ2v) is 16.9. The molecule has 4 heterocycles. The van der Waals surface area contributed by atoms with Gasteiger partial charge in [-0.3, -0.25) is 0 Å². The Morgan fingerprint density at radius 1 is 0.593 bits per heavy atom. The second kappa shape index (κ2) is 18.0. The molecule has 54 heavy (non-hydrogen) atoms. The molecule has 6 N–H and O–H groups in total. The van der Waals surface area contributed by atoms with E-state index < -0.39 is 0 Å². The highest BCUT2D eigenvalue weighted by Crippen LogP contribution is 2.36. The Morgan fingerprint density at radius 3 is 1.20 bits per heavy atom. The highest BCUT2D eigenvalue weighted by molar-refractivity contribution is 5.48. The van der Waals surface area contributed by atoms with Crippen molar-refractivity contribution >= 4 is 35.7 Å². The summed E-state index contributed by atoms with van der Waals surface area (Å²) in [5.41, 5.74) is -0.602. The molecule has 2 fully saturated rings. The number of nitrogens with zero attached hydrogens (tertiary/aromatic N) is 10. The summed E-state index contributed by atoms with van der Waals surface area (Å²) in [5, 5.41) is 39.1. The van der Waals surface area contributed by atoms with Crippen molar-refractivity contribution in [3.63, 3.8) is 0 Å². The van der Waals surface area contributed by atoms with Gasteiger partial charge in [0.2, 0.25) is 35.7 Å². The molecule has 0 aromatic carbocycles. The zero-order chi connectivity index (χ0) is 39.6. The Bertz CT molecular complexity index is 1500. The first-order chi connectivity index (χ1) is 25.5. The van der Waals surface area contributed by atoms with Gasteiger partial charge >= 0.3 is 0 Å². The minimum Gasteiger partial charge on any atom is -0.353 e. The zero-order valence-electron chi connectivity index (χ0n) is 33.7. The molecule has 2 aromatic heterocycles. The van der Waals surface area contributed by atoms with Crippen LogP contribution in [0.4, 0.5) is 35.7 Å². The van der Waals surface area contributed by atoms with Gasteiger partial charge in [-0.25, -0.2) is 0 Å². The average Bonchev–Trinajstić information content (AvgIpc) is 3.05. The van der Waals surface area contributed by atoms with Crippen LogP contribution >= 0.6 is 0 Å². The van der Waals surface area contributed by atoms with Gasteiger partial charge in [0.05, 0.1) is 25.0 Å². The van der Waals surface area contributed by atoms with E-state index in [0.29, 0.717) is 87.8 Å². The number of rotatable bonds is 19. The predicted molar refractivity (Wildman–Crippen MR) is 218 cm³/mol. The number of nitrogens with one attached hydrogen (secondary N) is 6. The van der Waals surface area contributed by atoms with Gasteiger partial charge in [-0.1, -0.05) is 12.2 Å². The Morgan fingerprint density at radius 2 is 0.907 bits per heavy atom. The van der Waals surface area contributed by atoms with Crippen LogP contribution in [0.3, 0.4) is 0 Å². The van der Waals surface area contributed by atoms with E-state index in [4.69, 9.17) is 19.9 Å². The number of piperidine rings is 2. The van der Waals surface area contributed by atoms with Gasteiger partial charge < -0.3 is 41.7 Å². The summed E-state index contributed by atoms with van der Waals surface area (Å²) in [6, 6.07) is 4.52. The third-order valence-corrected chi connectivity index (χ3v) is 9.41. The maximum Gasteiger partial charge on any atom is 0.232 e. The summed E-state index contributed by atoms with van der Waals surface area (Å²) in [7, 11) is 0. The van der Waals surface area contributed by atoms with Crippen LogP contribution < -0.4 is 41.7 Å². The van der Waals surface area contributed by atoms with Crippen LogP contribution in [0.1, 0.15) is 93.9 Å². The van der Waals surface area contributed by atoms with Crippen LogP contribution in [0.2, 0.25) is 0 Å². The molecule has 0 bridgehead atoms. The molecular weight excluding hydrogens is 681 g/mol. The number of hydrogen-bond acceptors (Lipinski definition) is 16. The normalized spacial score (nSPS) is 18.7. The van der Waals surface area contributed by atoms with E-state index in [2.05, 4.69) is 132 Å². The monoisotopic (exact) mass is 743 g/mol. The molecule has 294 valence electrons. The van der Waals surface area contributed by atoms with Crippen LogP contribution in [0.5, 0.6) is 0 Å². The molecule has 0 atom stereocenters. The summed E-state index contributed by atoms with van der Waals surface area (Å²) in [6.45, 7) is 28.6. The maximum absolute atomic E-state index is 9.22. The van der Waals surface area contributed by atoms with E-state index in [0.717, 1.165) is 25.7 Å². The number of hydrogen-bond donors (Lipinski definition) is 6. The second-order valence-electron chi connectivity index (χ2n) is 16.9. The number of anilines is 6. The Balaban J connectivity index is 1.84. The zero-order valence-corrected chi connectivity index (χ0v) is 33.7. The third-order valence-electron chi connectivity index (χ3n) is 9.41. The van der Waals surface area contributed by atoms with Gasteiger partial charge in [-0.05, 0) is 81.1 Å². The first-order valence-corrected chi connectivity index (χ1v) is 19.0. The summed E-state index contributed by atoms with van der Waals surface area (Å²) < 4.78 is 0. The molecule has 2 saturated heterocycles. The minimum atomic E-state index is -0.151. The Kier molecular flexibility index (Phi) is 14.0. The quantitative estimate of drug-likeness (QED) is 0.0842. The maximum atomic E-state index is 9.22. The summed E-state index contributed by atoms with van der Waals surface area (Å²) in [6.07, 6.45) is 7.59. The Hall–Kier alpha value is -4.80. The molecule has 0 radical (unpaired) electrons. The average molecular weight is 743 g/mol. The van der Waals surface area contributed by atoms with E-state index in [1.807, 2.05) is 0 Å². The molecule has 0 amide bonds. The molecule has 2 aliphatic rings. The van der Waals surface area contributed by atoms with Gasteiger partial charge in [-0.15, -0.1) is 13.2 Å². The summed E-state index contributed by atoms with van der Waals surface area (Å²) >= 11 is 0. The van der Waals surface area contributed by atoms with Crippen LogP contribution in [0.25, 0.3) is 0 Å². The molecule has 16 nitrogen and oxygen atoms in total. The van der Waals surface area contributed by atoms with Crippen molar-refractivity contribution < 1.29 is 0 Å². The van der Waals surface area contributed by atoms with E-state index >= 15 is 0 Å². The van der Waals surface area contributed by atoms with Gasteiger partial charge in [0.25, 0.3) is 0 Å². The van der Waals surface area contributed by atoms with Crippen molar-refractivity contribution in [2.45, 2.75) is 128 Å². The molecule has 0 aliphatic carbocycles. The fourth-order valence-electron chi connectivity index (χ4n) is 8.17. The van der Waals surface area contributed by atoms with Gasteiger partial charge in [-0.2, -0.15) is 40.4 Å². The first-order valence-electron chi connectivity index (χ1n) is 19.0. The molecule has 2 aromatic rings. The van der Waals surface area contributed by atoms with Crippen LogP contribution in [-0.2, 0) is 0 Å². The van der Waals surface area contributed by atoms with Crippen molar-refractivity contribution in [2.75, 3.05) is 70.3 Å². The lowest BCUT2D eigenvalue weighted by molar-refractivity contribution is 0.153. The van der Waals surface area contributed by atoms with Gasteiger partial charge in [0.1, 0.15) is 0 Å². The van der Waals surface area contributed by atoms with Crippen LogP contribution in [-0.4, -0.2) is 103 Å². The molecule has 0 spiro atoms. The van der Waals surface area contributed by atoms with E-state index in [9.17, 15) is 10.5 Å². The van der Waals surface area contributed by atoms with Gasteiger partial charge in [0, 0.05) is 73.5 Å².